The highest BCUT2D eigenvalue weighted by molar-refractivity contribution is 5.91. The van der Waals surface area contributed by atoms with E-state index >= 15 is 0 Å². The maximum absolute atomic E-state index is 12.9. The van der Waals surface area contributed by atoms with Gasteiger partial charge in [-0.3, -0.25) is 4.79 Å². The lowest BCUT2D eigenvalue weighted by molar-refractivity contribution is 0.0712. The summed E-state index contributed by atoms with van der Waals surface area (Å²) in [6.45, 7) is 1.03. The van der Waals surface area contributed by atoms with Gasteiger partial charge < -0.3 is 18.8 Å². The van der Waals surface area contributed by atoms with Crippen LogP contribution in [0.3, 0.4) is 0 Å². The lowest BCUT2D eigenvalue weighted by atomic mass is 10.1. The molecule has 140 valence electrons. The van der Waals surface area contributed by atoms with E-state index in [2.05, 4.69) is 0 Å². The van der Waals surface area contributed by atoms with Crippen molar-refractivity contribution in [1.29, 1.82) is 0 Å². The van der Waals surface area contributed by atoms with Crippen LogP contribution in [0.15, 0.2) is 71.3 Å². The zero-order chi connectivity index (χ0) is 19.1. The number of furan rings is 1. The summed E-state index contributed by atoms with van der Waals surface area (Å²) >= 11 is 0. The van der Waals surface area contributed by atoms with Gasteiger partial charge in [-0.2, -0.15) is 0 Å². The van der Waals surface area contributed by atoms with Crippen LogP contribution in [-0.2, 0) is 13.0 Å². The fourth-order valence-electron chi connectivity index (χ4n) is 2.92. The van der Waals surface area contributed by atoms with E-state index in [0.717, 1.165) is 22.6 Å². The Balaban J connectivity index is 1.77. The fourth-order valence-corrected chi connectivity index (χ4v) is 2.92. The van der Waals surface area contributed by atoms with Crippen molar-refractivity contribution in [1.82, 2.24) is 4.90 Å². The summed E-state index contributed by atoms with van der Waals surface area (Å²) in [6, 6.07) is 19.0. The number of carbonyl (C=O) groups excluding carboxylic acids is 1. The second kappa shape index (κ2) is 8.94. The average molecular weight is 365 g/mol. The summed E-state index contributed by atoms with van der Waals surface area (Å²) in [5.41, 5.74) is 2.09. The molecule has 5 heteroatoms. The van der Waals surface area contributed by atoms with Gasteiger partial charge in [-0.05, 0) is 47.9 Å². The van der Waals surface area contributed by atoms with Gasteiger partial charge in [-0.15, -0.1) is 0 Å². The highest BCUT2D eigenvalue weighted by atomic mass is 16.5. The van der Waals surface area contributed by atoms with Crippen molar-refractivity contribution >= 4 is 5.91 Å². The van der Waals surface area contributed by atoms with Crippen molar-refractivity contribution in [3.05, 3.63) is 83.8 Å². The van der Waals surface area contributed by atoms with Crippen LogP contribution in [0.5, 0.6) is 11.5 Å². The van der Waals surface area contributed by atoms with Crippen LogP contribution < -0.4 is 9.47 Å². The molecular formula is C22H23NO4. The standard InChI is InChI=1S/C22H23NO4/c1-25-19-11-9-17(10-12-19)16-23(22(24)21-8-5-15-27-21)14-13-18-6-3-4-7-20(18)26-2/h3-12,15H,13-14,16H2,1-2H3. The van der Waals surface area contributed by atoms with Crippen molar-refractivity contribution in [2.75, 3.05) is 20.8 Å². The molecule has 2 aromatic carbocycles. The highest BCUT2D eigenvalue weighted by Gasteiger charge is 2.19. The first-order chi connectivity index (χ1) is 13.2. The number of hydrogen-bond donors (Lipinski definition) is 0. The van der Waals surface area contributed by atoms with Gasteiger partial charge in [-0.25, -0.2) is 0 Å². The quantitative estimate of drug-likeness (QED) is 0.601. The van der Waals surface area contributed by atoms with Gasteiger partial charge in [0.2, 0.25) is 0 Å². The fraction of sp³-hybridized carbons (Fsp3) is 0.227. The molecule has 0 aliphatic heterocycles. The van der Waals surface area contributed by atoms with Crippen LogP contribution >= 0.6 is 0 Å². The molecule has 0 atom stereocenters. The van der Waals surface area contributed by atoms with Crippen LogP contribution in [0.25, 0.3) is 0 Å². The number of carbonyl (C=O) groups is 1. The maximum atomic E-state index is 12.9. The molecule has 27 heavy (non-hydrogen) atoms. The van der Waals surface area contributed by atoms with E-state index < -0.39 is 0 Å². The molecule has 1 heterocycles. The van der Waals surface area contributed by atoms with Crippen molar-refractivity contribution in [3.63, 3.8) is 0 Å². The third-order valence-electron chi connectivity index (χ3n) is 4.40. The van der Waals surface area contributed by atoms with E-state index in [1.165, 1.54) is 6.26 Å². The number of nitrogens with zero attached hydrogens (tertiary/aromatic N) is 1. The largest absolute Gasteiger partial charge is 0.497 e. The molecule has 1 aromatic heterocycles. The van der Waals surface area contributed by atoms with Gasteiger partial charge in [0, 0.05) is 13.1 Å². The Morgan fingerprint density at radius 2 is 1.74 bits per heavy atom. The molecule has 0 N–H and O–H groups in total. The van der Waals surface area contributed by atoms with Crippen LogP contribution in [0, 0.1) is 0 Å². The Morgan fingerprint density at radius 3 is 2.41 bits per heavy atom. The van der Waals surface area contributed by atoms with E-state index in [1.54, 1.807) is 31.3 Å². The van der Waals surface area contributed by atoms with E-state index in [-0.39, 0.29) is 5.91 Å². The van der Waals surface area contributed by atoms with Gasteiger partial charge in [0.1, 0.15) is 11.5 Å². The molecule has 3 rings (SSSR count). The highest BCUT2D eigenvalue weighted by Crippen LogP contribution is 2.20. The molecule has 0 unspecified atom stereocenters. The predicted molar refractivity (Wildman–Crippen MR) is 103 cm³/mol. The minimum Gasteiger partial charge on any atom is -0.497 e. The molecule has 0 fully saturated rings. The van der Waals surface area contributed by atoms with Crippen LogP contribution in [0.2, 0.25) is 0 Å². The first-order valence-corrected chi connectivity index (χ1v) is 8.79. The van der Waals surface area contributed by atoms with Crippen molar-refractivity contribution < 1.29 is 18.7 Å². The summed E-state index contributed by atoms with van der Waals surface area (Å²) in [5.74, 6) is 1.82. The summed E-state index contributed by atoms with van der Waals surface area (Å²) in [4.78, 5) is 14.7. The van der Waals surface area contributed by atoms with Crippen LogP contribution in [0.4, 0.5) is 0 Å². The van der Waals surface area contributed by atoms with Gasteiger partial charge in [0.15, 0.2) is 5.76 Å². The Hall–Kier alpha value is -3.21. The number of methoxy groups -OCH3 is 2. The lowest BCUT2D eigenvalue weighted by Crippen LogP contribution is -2.32. The second-order valence-corrected chi connectivity index (χ2v) is 6.11. The molecule has 0 aliphatic rings. The summed E-state index contributed by atoms with van der Waals surface area (Å²) < 4.78 is 15.9. The van der Waals surface area contributed by atoms with Crippen molar-refractivity contribution in [3.8, 4) is 11.5 Å². The van der Waals surface area contributed by atoms with E-state index in [4.69, 9.17) is 13.9 Å². The Morgan fingerprint density at radius 1 is 0.963 bits per heavy atom. The maximum Gasteiger partial charge on any atom is 0.289 e. The first-order valence-electron chi connectivity index (χ1n) is 8.79. The van der Waals surface area contributed by atoms with E-state index in [1.807, 2.05) is 48.5 Å². The SMILES string of the molecule is COc1ccc(CN(CCc2ccccc2OC)C(=O)c2ccco2)cc1. The third kappa shape index (κ3) is 4.70. The number of hydrogen-bond acceptors (Lipinski definition) is 4. The number of benzene rings is 2. The topological polar surface area (TPSA) is 51.9 Å². The number of ether oxygens (including phenoxy) is 2. The third-order valence-corrected chi connectivity index (χ3v) is 4.40. The second-order valence-electron chi connectivity index (χ2n) is 6.11. The summed E-state index contributed by atoms with van der Waals surface area (Å²) in [6.07, 6.45) is 2.20. The number of amides is 1. The first kappa shape index (κ1) is 18.6. The average Bonchev–Trinajstić information content (AvgIpc) is 3.26. The molecule has 1 amide bonds. The van der Waals surface area contributed by atoms with Gasteiger partial charge in [-0.1, -0.05) is 30.3 Å². The predicted octanol–water partition coefficient (Wildman–Crippen LogP) is 4.18. The Bertz CT molecular complexity index is 856. The Labute approximate surface area is 159 Å². The van der Waals surface area contributed by atoms with Gasteiger partial charge in [0.25, 0.3) is 5.91 Å². The molecular weight excluding hydrogens is 342 g/mol. The number of rotatable bonds is 8. The smallest absolute Gasteiger partial charge is 0.289 e. The Kier molecular flexibility index (Phi) is 6.15. The minimum absolute atomic E-state index is 0.134. The molecule has 0 saturated heterocycles. The summed E-state index contributed by atoms with van der Waals surface area (Å²) in [7, 11) is 3.29. The molecule has 0 radical (unpaired) electrons. The molecule has 0 bridgehead atoms. The van der Waals surface area contributed by atoms with Gasteiger partial charge in [0.05, 0.1) is 20.5 Å². The molecule has 0 aliphatic carbocycles. The zero-order valence-electron chi connectivity index (χ0n) is 15.6. The van der Waals surface area contributed by atoms with Crippen molar-refractivity contribution in [2.45, 2.75) is 13.0 Å². The monoisotopic (exact) mass is 365 g/mol. The summed E-state index contributed by atoms with van der Waals surface area (Å²) in [5, 5.41) is 0. The van der Waals surface area contributed by atoms with Gasteiger partial charge >= 0.3 is 0 Å². The molecule has 0 spiro atoms. The van der Waals surface area contributed by atoms with Crippen LogP contribution in [0.1, 0.15) is 21.7 Å². The zero-order valence-corrected chi connectivity index (χ0v) is 15.6. The van der Waals surface area contributed by atoms with Crippen molar-refractivity contribution in [2.24, 2.45) is 0 Å². The molecule has 3 aromatic rings. The molecule has 0 saturated carbocycles. The minimum atomic E-state index is -0.134. The van der Waals surface area contributed by atoms with E-state index in [9.17, 15) is 4.79 Å². The normalized spacial score (nSPS) is 10.4. The lowest BCUT2D eigenvalue weighted by Gasteiger charge is -2.22. The van der Waals surface area contributed by atoms with Crippen LogP contribution in [-0.4, -0.2) is 31.6 Å². The van der Waals surface area contributed by atoms with E-state index in [0.29, 0.717) is 25.3 Å². The molecule has 5 nitrogen and oxygen atoms in total. The number of para-hydroxylation sites is 1.